The second-order valence-electron chi connectivity index (χ2n) is 6.55. The number of aliphatic imine (C=N–C) groups is 1. The highest BCUT2D eigenvalue weighted by Crippen LogP contribution is 2.30. The third-order valence-electron chi connectivity index (χ3n) is 4.45. The van der Waals surface area contributed by atoms with E-state index in [4.69, 9.17) is 4.74 Å². The standard InChI is InChI=1S/C20H20F3N3O2/c21-20(22,23)15-2-1-3-17(12-15)26-19(27)25-16-4-6-18(7-5-16)28-13-14-8-10-24-11-9-14/h1-3,8-12,18H,4-7,13H2,(H,26,27). The molecule has 1 aromatic heterocycles. The van der Waals surface area contributed by atoms with E-state index in [0.29, 0.717) is 19.4 Å². The van der Waals surface area contributed by atoms with E-state index in [1.165, 1.54) is 12.1 Å². The van der Waals surface area contributed by atoms with Crippen LogP contribution in [0, 0.1) is 0 Å². The van der Waals surface area contributed by atoms with Crippen LogP contribution in [0.15, 0.2) is 53.8 Å². The minimum atomic E-state index is -4.46. The van der Waals surface area contributed by atoms with Crippen molar-refractivity contribution in [1.29, 1.82) is 0 Å². The number of alkyl halides is 3. The fraction of sp³-hybridized carbons (Fsp3) is 0.350. The number of nitrogens with zero attached hydrogens (tertiary/aromatic N) is 2. The first-order valence-corrected chi connectivity index (χ1v) is 8.95. The van der Waals surface area contributed by atoms with E-state index in [0.717, 1.165) is 36.2 Å². The molecule has 1 aliphatic carbocycles. The number of hydrogen-bond acceptors (Lipinski definition) is 3. The molecular weight excluding hydrogens is 371 g/mol. The summed E-state index contributed by atoms with van der Waals surface area (Å²) in [5.74, 6) is 0. The van der Waals surface area contributed by atoms with Crippen molar-refractivity contribution in [3.05, 3.63) is 59.9 Å². The van der Waals surface area contributed by atoms with Gasteiger partial charge in [-0.1, -0.05) is 6.07 Å². The van der Waals surface area contributed by atoms with Crippen LogP contribution in [0.25, 0.3) is 0 Å². The number of hydrogen-bond donors (Lipinski definition) is 1. The van der Waals surface area contributed by atoms with Gasteiger partial charge in [0, 0.05) is 23.8 Å². The summed E-state index contributed by atoms with van der Waals surface area (Å²) in [6, 6.07) is 7.62. The summed E-state index contributed by atoms with van der Waals surface area (Å²) in [4.78, 5) is 20.0. The van der Waals surface area contributed by atoms with Gasteiger partial charge < -0.3 is 10.1 Å². The summed E-state index contributed by atoms with van der Waals surface area (Å²) >= 11 is 0. The Kier molecular flexibility index (Phi) is 6.41. The van der Waals surface area contributed by atoms with Gasteiger partial charge in [-0.05, 0) is 61.6 Å². The van der Waals surface area contributed by atoms with Crippen LogP contribution in [-0.4, -0.2) is 22.8 Å². The first-order valence-electron chi connectivity index (χ1n) is 8.95. The molecule has 1 fully saturated rings. The summed E-state index contributed by atoms with van der Waals surface area (Å²) < 4.78 is 44.1. The van der Waals surface area contributed by atoms with E-state index in [1.54, 1.807) is 12.4 Å². The Hall–Kier alpha value is -2.74. The molecule has 1 aliphatic rings. The molecule has 0 atom stereocenters. The predicted molar refractivity (Wildman–Crippen MR) is 99.2 cm³/mol. The van der Waals surface area contributed by atoms with Gasteiger partial charge >= 0.3 is 12.2 Å². The Morgan fingerprint density at radius 2 is 1.89 bits per heavy atom. The van der Waals surface area contributed by atoms with Crippen LogP contribution in [0.5, 0.6) is 0 Å². The van der Waals surface area contributed by atoms with Gasteiger partial charge in [-0.25, -0.2) is 9.79 Å². The fourth-order valence-electron chi connectivity index (χ4n) is 2.96. The molecule has 2 amide bonds. The van der Waals surface area contributed by atoms with E-state index in [2.05, 4.69) is 15.3 Å². The largest absolute Gasteiger partial charge is 0.416 e. The van der Waals surface area contributed by atoms with Crippen molar-refractivity contribution in [2.75, 3.05) is 5.32 Å². The molecule has 3 rings (SSSR count). The molecule has 0 bridgehead atoms. The lowest BCUT2D eigenvalue weighted by molar-refractivity contribution is -0.137. The molecule has 2 aromatic rings. The van der Waals surface area contributed by atoms with Crippen molar-refractivity contribution < 1.29 is 22.7 Å². The summed E-state index contributed by atoms with van der Waals surface area (Å²) in [5, 5.41) is 2.40. The molecule has 1 saturated carbocycles. The molecule has 0 saturated heterocycles. The number of rotatable bonds is 4. The number of benzene rings is 1. The van der Waals surface area contributed by atoms with Gasteiger partial charge in [0.25, 0.3) is 0 Å². The van der Waals surface area contributed by atoms with Crippen LogP contribution in [-0.2, 0) is 17.5 Å². The van der Waals surface area contributed by atoms with E-state index in [-0.39, 0.29) is 11.8 Å². The Morgan fingerprint density at radius 1 is 1.18 bits per heavy atom. The molecule has 1 N–H and O–H groups in total. The lowest BCUT2D eigenvalue weighted by Crippen LogP contribution is -2.23. The summed E-state index contributed by atoms with van der Waals surface area (Å²) in [6.07, 6.45) is 1.82. The zero-order chi connectivity index (χ0) is 20.0. The molecule has 1 aromatic carbocycles. The Labute approximate surface area is 160 Å². The second kappa shape index (κ2) is 8.97. The van der Waals surface area contributed by atoms with E-state index in [9.17, 15) is 18.0 Å². The maximum atomic E-state index is 12.7. The number of halogens is 3. The molecule has 148 valence electrons. The lowest BCUT2D eigenvalue weighted by Gasteiger charge is -2.23. The van der Waals surface area contributed by atoms with Crippen molar-refractivity contribution in [2.24, 2.45) is 4.99 Å². The highest BCUT2D eigenvalue weighted by atomic mass is 19.4. The third-order valence-corrected chi connectivity index (χ3v) is 4.45. The molecule has 0 aliphatic heterocycles. The molecule has 0 radical (unpaired) electrons. The van der Waals surface area contributed by atoms with E-state index >= 15 is 0 Å². The van der Waals surface area contributed by atoms with Gasteiger partial charge in [0.1, 0.15) is 0 Å². The normalized spacial score (nSPS) is 17.2. The zero-order valence-electron chi connectivity index (χ0n) is 15.1. The molecule has 0 unspecified atom stereocenters. The topological polar surface area (TPSA) is 63.6 Å². The number of ether oxygens (including phenoxy) is 1. The highest BCUT2D eigenvalue weighted by Gasteiger charge is 2.30. The van der Waals surface area contributed by atoms with Gasteiger partial charge in [0.2, 0.25) is 0 Å². The predicted octanol–water partition coefficient (Wildman–Crippen LogP) is 5.23. The van der Waals surface area contributed by atoms with Crippen molar-refractivity contribution in [3.8, 4) is 0 Å². The number of carbonyl (C=O) groups excluding carboxylic acids is 1. The average Bonchev–Trinajstić information content (AvgIpc) is 2.68. The van der Waals surface area contributed by atoms with Crippen molar-refractivity contribution in [3.63, 3.8) is 0 Å². The van der Waals surface area contributed by atoms with Crippen LogP contribution >= 0.6 is 0 Å². The zero-order valence-corrected chi connectivity index (χ0v) is 15.1. The number of pyridine rings is 1. The SMILES string of the molecule is O=C(N=C1CCC(OCc2ccncc2)CC1)Nc1cccc(C(F)(F)F)c1. The smallest absolute Gasteiger partial charge is 0.374 e. The Bertz CT molecular complexity index is 828. The van der Waals surface area contributed by atoms with Crippen molar-refractivity contribution in [1.82, 2.24) is 4.98 Å². The van der Waals surface area contributed by atoms with Gasteiger partial charge in [0.15, 0.2) is 0 Å². The van der Waals surface area contributed by atoms with Crippen molar-refractivity contribution in [2.45, 2.75) is 44.6 Å². The minimum absolute atomic E-state index is 0.0681. The van der Waals surface area contributed by atoms with Gasteiger partial charge in [-0.3, -0.25) is 4.98 Å². The van der Waals surface area contributed by atoms with Crippen molar-refractivity contribution >= 4 is 17.4 Å². The first-order chi connectivity index (χ1) is 13.4. The first kappa shape index (κ1) is 20.0. The second-order valence-corrected chi connectivity index (χ2v) is 6.55. The Morgan fingerprint density at radius 3 is 2.57 bits per heavy atom. The Balaban J connectivity index is 1.48. The summed E-state index contributed by atoms with van der Waals surface area (Å²) in [6.45, 7) is 0.510. The maximum Gasteiger partial charge on any atom is 0.416 e. The molecule has 0 spiro atoms. The number of carbonyl (C=O) groups is 1. The molecule has 1 heterocycles. The van der Waals surface area contributed by atoms with Crippen LogP contribution in [0.2, 0.25) is 0 Å². The third kappa shape index (κ3) is 5.88. The van der Waals surface area contributed by atoms with Gasteiger partial charge in [0.05, 0.1) is 18.3 Å². The molecule has 8 heteroatoms. The number of aromatic nitrogens is 1. The van der Waals surface area contributed by atoms with E-state index in [1.807, 2.05) is 12.1 Å². The average molecular weight is 391 g/mol. The highest BCUT2D eigenvalue weighted by molar-refractivity contribution is 6.00. The molecular formula is C20H20F3N3O2. The lowest BCUT2D eigenvalue weighted by atomic mass is 9.95. The number of amides is 2. The number of anilines is 1. The molecule has 5 nitrogen and oxygen atoms in total. The van der Waals surface area contributed by atoms with Gasteiger partial charge in [-0.15, -0.1) is 0 Å². The summed E-state index contributed by atoms with van der Waals surface area (Å²) in [5.41, 5.74) is 1.03. The maximum absolute atomic E-state index is 12.7. The minimum Gasteiger partial charge on any atom is -0.374 e. The number of nitrogens with one attached hydrogen (secondary N) is 1. The van der Waals surface area contributed by atoms with Crippen LogP contribution in [0.3, 0.4) is 0 Å². The quantitative estimate of drug-likeness (QED) is 0.776. The number of urea groups is 1. The van der Waals surface area contributed by atoms with Crippen LogP contribution in [0.4, 0.5) is 23.7 Å². The van der Waals surface area contributed by atoms with Crippen LogP contribution < -0.4 is 5.32 Å². The summed E-state index contributed by atoms with van der Waals surface area (Å²) in [7, 11) is 0. The van der Waals surface area contributed by atoms with E-state index < -0.39 is 17.8 Å². The van der Waals surface area contributed by atoms with Gasteiger partial charge in [-0.2, -0.15) is 13.2 Å². The monoisotopic (exact) mass is 391 g/mol. The fourth-order valence-corrected chi connectivity index (χ4v) is 2.96. The van der Waals surface area contributed by atoms with Crippen LogP contribution in [0.1, 0.15) is 36.8 Å². The molecule has 28 heavy (non-hydrogen) atoms.